The first-order valence-electron chi connectivity index (χ1n) is 8.80. The molecule has 128 valence electrons. The Morgan fingerprint density at radius 2 is 1.54 bits per heavy atom. The van der Waals surface area contributed by atoms with Crippen LogP contribution in [0.5, 0.6) is 5.75 Å². The lowest BCUT2D eigenvalue weighted by Gasteiger charge is -2.06. The summed E-state index contributed by atoms with van der Waals surface area (Å²) < 4.78 is 5.78. The fourth-order valence-corrected chi connectivity index (χ4v) is 2.52. The number of unbranched alkanes of at least 4 members (excludes halogenated alkanes) is 5. The van der Waals surface area contributed by atoms with Gasteiger partial charge in [0.05, 0.1) is 12.3 Å². The maximum atomic E-state index is 5.87. The van der Waals surface area contributed by atoms with Crippen LogP contribution in [0.3, 0.4) is 0 Å². The highest BCUT2D eigenvalue weighted by Gasteiger charge is 1.96. The van der Waals surface area contributed by atoms with Crippen LogP contribution in [0.15, 0.2) is 53.5 Å². The standard InChI is InChI=1S/C21H26ClNO/c1-2-3-4-5-6-7-16-24-21-14-12-20(13-15-21)23-17-18-8-10-19(22)11-9-18/h8-15,17H,2-7,16H2,1H3. The fraction of sp³-hybridized carbons (Fsp3) is 0.381. The van der Waals surface area contributed by atoms with Crippen LogP contribution < -0.4 is 4.74 Å². The Kier molecular flexibility index (Phi) is 8.40. The number of aliphatic imine (C=N–C) groups is 1. The van der Waals surface area contributed by atoms with Gasteiger partial charge in [-0.05, 0) is 48.4 Å². The highest BCUT2D eigenvalue weighted by atomic mass is 35.5. The van der Waals surface area contributed by atoms with Gasteiger partial charge in [0.1, 0.15) is 5.75 Å². The van der Waals surface area contributed by atoms with E-state index in [1.165, 1.54) is 32.1 Å². The molecule has 0 saturated heterocycles. The lowest BCUT2D eigenvalue weighted by Crippen LogP contribution is -1.96. The van der Waals surface area contributed by atoms with Crippen molar-refractivity contribution in [1.29, 1.82) is 0 Å². The van der Waals surface area contributed by atoms with E-state index in [-0.39, 0.29) is 0 Å². The molecular weight excluding hydrogens is 318 g/mol. The zero-order valence-electron chi connectivity index (χ0n) is 14.4. The van der Waals surface area contributed by atoms with E-state index in [9.17, 15) is 0 Å². The summed E-state index contributed by atoms with van der Waals surface area (Å²) in [7, 11) is 0. The molecule has 0 bridgehead atoms. The molecule has 0 heterocycles. The summed E-state index contributed by atoms with van der Waals surface area (Å²) in [6.45, 7) is 3.03. The van der Waals surface area contributed by atoms with Gasteiger partial charge in [-0.25, -0.2) is 0 Å². The lowest BCUT2D eigenvalue weighted by molar-refractivity contribution is 0.304. The van der Waals surface area contributed by atoms with Crippen molar-refractivity contribution in [2.45, 2.75) is 45.4 Å². The summed E-state index contributed by atoms with van der Waals surface area (Å²) >= 11 is 5.87. The molecule has 2 aromatic rings. The molecule has 0 saturated carbocycles. The molecule has 2 aromatic carbocycles. The van der Waals surface area contributed by atoms with Crippen LogP contribution in [0.25, 0.3) is 0 Å². The van der Waals surface area contributed by atoms with E-state index in [0.717, 1.165) is 35.1 Å². The van der Waals surface area contributed by atoms with Crippen molar-refractivity contribution in [3.05, 3.63) is 59.1 Å². The molecule has 0 aromatic heterocycles. The van der Waals surface area contributed by atoms with Crippen molar-refractivity contribution in [2.75, 3.05) is 6.61 Å². The zero-order valence-corrected chi connectivity index (χ0v) is 15.1. The molecule has 0 aliphatic carbocycles. The van der Waals surface area contributed by atoms with Crippen molar-refractivity contribution in [2.24, 2.45) is 4.99 Å². The molecule has 0 amide bonds. The highest BCUT2D eigenvalue weighted by molar-refractivity contribution is 6.30. The second-order valence-corrected chi connectivity index (χ2v) is 6.36. The second kappa shape index (κ2) is 10.9. The van der Waals surface area contributed by atoms with Crippen molar-refractivity contribution in [3.8, 4) is 5.75 Å². The van der Waals surface area contributed by atoms with E-state index in [0.29, 0.717) is 0 Å². The van der Waals surface area contributed by atoms with Crippen LogP contribution >= 0.6 is 11.6 Å². The minimum Gasteiger partial charge on any atom is -0.494 e. The van der Waals surface area contributed by atoms with E-state index < -0.39 is 0 Å². The Morgan fingerprint density at radius 1 is 0.875 bits per heavy atom. The number of benzene rings is 2. The third-order valence-electron chi connectivity index (χ3n) is 3.84. The quantitative estimate of drug-likeness (QED) is 0.342. The third-order valence-corrected chi connectivity index (χ3v) is 4.09. The predicted molar refractivity (Wildman–Crippen MR) is 104 cm³/mol. The van der Waals surface area contributed by atoms with Gasteiger partial charge in [0, 0.05) is 11.2 Å². The molecule has 0 radical (unpaired) electrons. The van der Waals surface area contributed by atoms with E-state index in [4.69, 9.17) is 16.3 Å². The molecule has 2 rings (SSSR count). The number of ether oxygens (including phenoxy) is 1. The maximum Gasteiger partial charge on any atom is 0.119 e. The first-order valence-corrected chi connectivity index (χ1v) is 9.18. The first kappa shape index (κ1) is 18.5. The summed E-state index contributed by atoms with van der Waals surface area (Å²) in [5, 5.41) is 0.735. The van der Waals surface area contributed by atoms with Crippen molar-refractivity contribution in [3.63, 3.8) is 0 Å². The molecule has 0 unspecified atom stereocenters. The minimum absolute atomic E-state index is 0.735. The van der Waals surface area contributed by atoms with Gasteiger partial charge in [0.25, 0.3) is 0 Å². The lowest BCUT2D eigenvalue weighted by atomic mass is 10.1. The van der Waals surface area contributed by atoms with Gasteiger partial charge in [-0.3, -0.25) is 4.99 Å². The molecule has 0 atom stereocenters. The minimum atomic E-state index is 0.735. The normalized spacial score (nSPS) is 11.1. The SMILES string of the molecule is CCCCCCCCOc1ccc(N=Cc2ccc(Cl)cc2)cc1. The fourth-order valence-electron chi connectivity index (χ4n) is 2.40. The summed E-state index contributed by atoms with van der Waals surface area (Å²) in [6, 6.07) is 15.5. The summed E-state index contributed by atoms with van der Waals surface area (Å²) in [5.74, 6) is 0.911. The van der Waals surface area contributed by atoms with Gasteiger partial charge in [-0.2, -0.15) is 0 Å². The van der Waals surface area contributed by atoms with Crippen molar-refractivity contribution in [1.82, 2.24) is 0 Å². The second-order valence-electron chi connectivity index (χ2n) is 5.92. The number of hydrogen-bond acceptors (Lipinski definition) is 2. The summed E-state index contributed by atoms with van der Waals surface area (Å²) in [6.07, 6.45) is 9.51. The molecule has 24 heavy (non-hydrogen) atoms. The van der Waals surface area contributed by atoms with Crippen LogP contribution in [0.1, 0.15) is 51.0 Å². The van der Waals surface area contributed by atoms with Crippen molar-refractivity contribution >= 4 is 23.5 Å². The van der Waals surface area contributed by atoms with Crippen LogP contribution in [0, 0.1) is 0 Å². The van der Waals surface area contributed by atoms with Crippen molar-refractivity contribution < 1.29 is 4.74 Å². The predicted octanol–water partition coefficient (Wildman–Crippen LogP) is 6.83. The van der Waals surface area contributed by atoms with E-state index in [1.54, 1.807) is 0 Å². The van der Waals surface area contributed by atoms with Gasteiger partial charge >= 0.3 is 0 Å². The number of nitrogens with zero attached hydrogens (tertiary/aromatic N) is 1. The monoisotopic (exact) mass is 343 g/mol. The molecular formula is C21H26ClNO. The molecule has 0 aliphatic heterocycles. The highest BCUT2D eigenvalue weighted by Crippen LogP contribution is 2.19. The zero-order chi connectivity index (χ0) is 17.0. The van der Waals surface area contributed by atoms with Gasteiger partial charge in [0.15, 0.2) is 0 Å². The Labute approximate surface area is 150 Å². The van der Waals surface area contributed by atoms with Gasteiger partial charge in [-0.15, -0.1) is 0 Å². The molecule has 0 aliphatic rings. The summed E-state index contributed by atoms with van der Waals surface area (Å²) in [5.41, 5.74) is 1.94. The van der Waals surface area contributed by atoms with E-state index >= 15 is 0 Å². The largest absolute Gasteiger partial charge is 0.494 e. The Bertz CT molecular complexity index is 605. The van der Waals surface area contributed by atoms with Crippen LogP contribution in [-0.4, -0.2) is 12.8 Å². The topological polar surface area (TPSA) is 21.6 Å². The molecule has 0 N–H and O–H groups in total. The summed E-state index contributed by atoms with van der Waals surface area (Å²) in [4.78, 5) is 4.46. The molecule has 0 spiro atoms. The average molecular weight is 344 g/mol. The average Bonchev–Trinajstić information content (AvgIpc) is 2.61. The Balaban J connectivity index is 1.71. The van der Waals surface area contributed by atoms with Gasteiger partial charge in [-0.1, -0.05) is 62.8 Å². The van der Waals surface area contributed by atoms with Crippen LogP contribution in [0.4, 0.5) is 5.69 Å². The number of halogens is 1. The number of hydrogen-bond donors (Lipinski definition) is 0. The van der Waals surface area contributed by atoms with E-state index in [1.807, 2.05) is 54.7 Å². The number of rotatable bonds is 10. The van der Waals surface area contributed by atoms with Crippen LogP contribution in [-0.2, 0) is 0 Å². The third kappa shape index (κ3) is 7.18. The molecule has 3 heteroatoms. The van der Waals surface area contributed by atoms with E-state index in [2.05, 4.69) is 11.9 Å². The molecule has 2 nitrogen and oxygen atoms in total. The smallest absolute Gasteiger partial charge is 0.119 e. The Hall–Kier alpha value is -1.80. The van der Waals surface area contributed by atoms with Gasteiger partial charge < -0.3 is 4.74 Å². The maximum absolute atomic E-state index is 5.87. The molecule has 0 fully saturated rings. The van der Waals surface area contributed by atoms with Crippen LogP contribution in [0.2, 0.25) is 5.02 Å². The first-order chi connectivity index (χ1) is 11.8. The Morgan fingerprint density at radius 3 is 2.25 bits per heavy atom. The van der Waals surface area contributed by atoms with Gasteiger partial charge in [0.2, 0.25) is 0 Å².